The lowest BCUT2D eigenvalue weighted by molar-refractivity contribution is -0.134. The number of fused-ring (bicyclic) bond motifs is 2. The number of hydrogen-bond donors (Lipinski definition) is 3. The van der Waals surface area contributed by atoms with Crippen molar-refractivity contribution < 1.29 is 24.9 Å². The van der Waals surface area contributed by atoms with Crippen molar-refractivity contribution >= 4 is 23.7 Å². The molecule has 33 heavy (non-hydrogen) atoms. The van der Waals surface area contributed by atoms with Crippen LogP contribution in [0.4, 0.5) is 0 Å². The summed E-state index contributed by atoms with van der Waals surface area (Å²) in [6.45, 7) is 5.74. The third-order valence-corrected chi connectivity index (χ3v) is 6.94. The summed E-state index contributed by atoms with van der Waals surface area (Å²) in [4.78, 5) is 27.1. The van der Waals surface area contributed by atoms with Crippen molar-refractivity contribution in [3.63, 3.8) is 0 Å². The molecule has 1 atom stereocenters. The Labute approximate surface area is 198 Å². The lowest BCUT2D eigenvalue weighted by Crippen LogP contribution is -2.48. The van der Waals surface area contributed by atoms with Crippen LogP contribution in [0.15, 0.2) is 70.5 Å². The van der Waals surface area contributed by atoms with Gasteiger partial charge in [-0.3, -0.25) is 4.90 Å². The predicted molar refractivity (Wildman–Crippen MR) is 128 cm³/mol. The molecule has 2 aliphatic heterocycles. The van der Waals surface area contributed by atoms with Gasteiger partial charge in [0.2, 0.25) is 0 Å². The van der Waals surface area contributed by atoms with Gasteiger partial charge < -0.3 is 20.2 Å². The normalized spacial score (nSPS) is 18.5. The quantitative estimate of drug-likeness (QED) is 0.554. The van der Waals surface area contributed by atoms with Gasteiger partial charge in [-0.1, -0.05) is 48.2 Å². The molecular formula is C25H30N2O5S. The van der Waals surface area contributed by atoms with Crippen LogP contribution in [0, 0.1) is 0 Å². The molecule has 0 spiro atoms. The maximum atomic E-state index is 9.55. The number of rotatable bonds is 6. The van der Waals surface area contributed by atoms with E-state index in [1.807, 2.05) is 11.8 Å². The fraction of sp³-hybridized carbons (Fsp3) is 0.360. The molecule has 1 fully saturated rings. The third kappa shape index (κ3) is 7.43. The Balaban J connectivity index is 0.000000331. The summed E-state index contributed by atoms with van der Waals surface area (Å²) < 4.78 is 0. The van der Waals surface area contributed by atoms with Gasteiger partial charge in [-0.25, -0.2) is 9.59 Å². The first-order valence-corrected chi connectivity index (χ1v) is 11.9. The molecule has 0 bridgehead atoms. The van der Waals surface area contributed by atoms with Gasteiger partial charge in [0.05, 0.1) is 0 Å². The van der Waals surface area contributed by atoms with Crippen molar-refractivity contribution in [1.82, 2.24) is 9.80 Å². The number of carboxylic acids is 2. The van der Waals surface area contributed by atoms with E-state index in [1.165, 1.54) is 20.9 Å². The van der Waals surface area contributed by atoms with Crippen LogP contribution < -0.4 is 0 Å². The van der Waals surface area contributed by atoms with Crippen LogP contribution in [0.5, 0.6) is 0 Å². The van der Waals surface area contributed by atoms with Crippen molar-refractivity contribution in [2.45, 2.75) is 28.7 Å². The minimum Gasteiger partial charge on any atom is -0.478 e. The highest BCUT2D eigenvalue weighted by molar-refractivity contribution is 7.99. The molecule has 2 aliphatic rings. The van der Waals surface area contributed by atoms with Gasteiger partial charge in [-0.05, 0) is 36.1 Å². The first-order chi connectivity index (χ1) is 16.0. The van der Waals surface area contributed by atoms with Crippen LogP contribution in [0.2, 0.25) is 0 Å². The zero-order valence-corrected chi connectivity index (χ0v) is 19.3. The Kier molecular flexibility index (Phi) is 9.50. The molecule has 176 valence electrons. The first kappa shape index (κ1) is 25.0. The SMILES string of the molecule is O=C(O)/C=C/C(=O)O.OCCCN1CCN(C2Cc3ccccc3Sc3ccccc32)CC1. The highest BCUT2D eigenvalue weighted by Crippen LogP contribution is 2.42. The fourth-order valence-corrected chi connectivity index (χ4v) is 5.25. The van der Waals surface area contributed by atoms with E-state index < -0.39 is 11.9 Å². The Hall–Kier alpha value is -2.65. The molecule has 1 unspecified atom stereocenters. The van der Waals surface area contributed by atoms with Crippen molar-refractivity contribution in [1.29, 1.82) is 0 Å². The van der Waals surface area contributed by atoms with Crippen molar-refractivity contribution in [2.24, 2.45) is 0 Å². The van der Waals surface area contributed by atoms with E-state index in [9.17, 15) is 9.59 Å². The topological polar surface area (TPSA) is 101 Å². The Bertz CT molecular complexity index is 957. The molecule has 0 aliphatic carbocycles. The average molecular weight is 471 g/mol. The first-order valence-electron chi connectivity index (χ1n) is 11.0. The maximum Gasteiger partial charge on any atom is 0.328 e. The Morgan fingerprint density at radius 1 is 0.909 bits per heavy atom. The van der Waals surface area contributed by atoms with Crippen LogP contribution in [0.25, 0.3) is 0 Å². The summed E-state index contributed by atoms with van der Waals surface area (Å²) in [6.07, 6.45) is 3.10. The molecule has 8 heteroatoms. The number of aliphatic carboxylic acids is 2. The van der Waals surface area contributed by atoms with Crippen LogP contribution in [-0.4, -0.2) is 76.4 Å². The number of benzene rings is 2. The zero-order valence-electron chi connectivity index (χ0n) is 18.5. The van der Waals surface area contributed by atoms with E-state index in [0.717, 1.165) is 45.6 Å². The molecule has 0 radical (unpaired) electrons. The van der Waals surface area contributed by atoms with E-state index in [2.05, 4.69) is 58.3 Å². The van der Waals surface area contributed by atoms with E-state index in [0.29, 0.717) is 24.8 Å². The average Bonchev–Trinajstić information content (AvgIpc) is 2.99. The number of carboxylic acid groups (broad SMARTS) is 2. The number of hydrogen-bond acceptors (Lipinski definition) is 6. The molecule has 4 rings (SSSR count). The summed E-state index contributed by atoms with van der Waals surface area (Å²) in [7, 11) is 0. The monoisotopic (exact) mass is 470 g/mol. The van der Waals surface area contributed by atoms with Crippen molar-refractivity contribution in [3.05, 3.63) is 71.8 Å². The summed E-state index contributed by atoms with van der Waals surface area (Å²) in [5, 5.41) is 24.7. The van der Waals surface area contributed by atoms with Crippen LogP contribution >= 0.6 is 11.8 Å². The minimum atomic E-state index is -1.26. The predicted octanol–water partition coefficient (Wildman–Crippen LogP) is 3.15. The number of aliphatic hydroxyl groups excluding tert-OH is 1. The van der Waals surface area contributed by atoms with Gasteiger partial charge in [-0.2, -0.15) is 0 Å². The fourth-order valence-electron chi connectivity index (χ4n) is 4.12. The molecule has 0 saturated carbocycles. The van der Waals surface area contributed by atoms with Gasteiger partial charge in [0.25, 0.3) is 0 Å². The van der Waals surface area contributed by atoms with E-state index in [1.54, 1.807) is 0 Å². The van der Waals surface area contributed by atoms with Crippen LogP contribution in [0.1, 0.15) is 23.6 Å². The van der Waals surface area contributed by atoms with E-state index >= 15 is 0 Å². The molecule has 0 amide bonds. The summed E-state index contributed by atoms with van der Waals surface area (Å²) in [5.41, 5.74) is 2.95. The molecular weight excluding hydrogens is 440 g/mol. The highest BCUT2D eigenvalue weighted by atomic mass is 32.2. The van der Waals surface area contributed by atoms with Gasteiger partial charge in [0.15, 0.2) is 0 Å². The van der Waals surface area contributed by atoms with Gasteiger partial charge in [-0.15, -0.1) is 0 Å². The second-order valence-corrected chi connectivity index (χ2v) is 9.02. The van der Waals surface area contributed by atoms with Crippen LogP contribution in [0.3, 0.4) is 0 Å². The second-order valence-electron chi connectivity index (χ2n) is 7.93. The smallest absolute Gasteiger partial charge is 0.328 e. The number of carbonyl (C=O) groups is 2. The van der Waals surface area contributed by atoms with Crippen molar-refractivity contribution in [3.8, 4) is 0 Å². The summed E-state index contributed by atoms with van der Waals surface area (Å²) >= 11 is 1.92. The number of nitrogens with zero attached hydrogens (tertiary/aromatic N) is 2. The number of aliphatic hydroxyl groups is 1. The zero-order chi connectivity index (χ0) is 23.6. The molecule has 0 aromatic heterocycles. The molecule has 2 heterocycles. The standard InChI is InChI=1S/C21H26N2OS.C4H4O4/c24-15-5-10-22-11-13-23(14-12-22)19-16-17-6-1-3-8-20(17)25-21-9-4-2-7-18(19)21;5-3(6)1-2-4(7)8/h1-4,6-9,19,24H,5,10-16H2;1-2H,(H,5,6)(H,7,8)/b;2-1+. The Morgan fingerprint density at radius 2 is 1.52 bits per heavy atom. The minimum absolute atomic E-state index is 0.296. The largest absolute Gasteiger partial charge is 0.478 e. The van der Waals surface area contributed by atoms with Gasteiger partial charge >= 0.3 is 11.9 Å². The lowest BCUT2D eigenvalue weighted by Gasteiger charge is -2.39. The summed E-state index contributed by atoms with van der Waals surface area (Å²) in [5.74, 6) is -2.51. The lowest BCUT2D eigenvalue weighted by atomic mass is 9.96. The maximum absolute atomic E-state index is 9.55. The molecule has 2 aromatic carbocycles. The van der Waals surface area contributed by atoms with E-state index in [4.69, 9.17) is 15.3 Å². The van der Waals surface area contributed by atoms with Gasteiger partial charge in [0, 0.05) is 67.3 Å². The Morgan fingerprint density at radius 3 is 2.15 bits per heavy atom. The second kappa shape index (κ2) is 12.6. The molecule has 2 aromatic rings. The molecule has 3 N–H and O–H groups in total. The highest BCUT2D eigenvalue weighted by Gasteiger charge is 2.29. The molecule has 7 nitrogen and oxygen atoms in total. The molecule has 1 saturated heterocycles. The van der Waals surface area contributed by atoms with Crippen LogP contribution in [-0.2, 0) is 16.0 Å². The van der Waals surface area contributed by atoms with Gasteiger partial charge in [0.1, 0.15) is 0 Å². The third-order valence-electron chi connectivity index (χ3n) is 5.73. The number of piperazine rings is 1. The van der Waals surface area contributed by atoms with Crippen molar-refractivity contribution in [2.75, 3.05) is 39.3 Å². The summed E-state index contributed by atoms with van der Waals surface area (Å²) in [6, 6.07) is 18.2. The van der Waals surface area contributed by atoms with E-state index in [-0.39, 0.29) is 0 Å².